The first-order valence-electron chi connectivity index (χ1n) is 7.96. The lowest BCUT2D eigenvalue weighted by atomic mass is 10.1. The fourth-order valence-corrected chi connectivity index (χ4v) is 4.42. The van der Waals surface area contributed by atoms with E-state index in [1.165, 1.54) is 35.7 Å². The third-order valence-corrected chi connectivity index (χ3v) is 6.06. The number of methoxy groups -OCH3 is 1. The number of carbonyl (C=O) groups is 1. The number of hydrogen-bond donors (Lipinski definition) is 1. The number of hydrogen-bond acceptors (Lipinski definition) is 6. The highest BCUT2D eigenvalue weighted by atomic mass is 32.2. The quantitative estimate of drug-likeness (QED) is 0.807. The molecule has 0 bridgehead atoms. The van der Waals surface area contributed by atoms with Crippen LogP contribution in [0.25, 0.3) is 0 Å². The van der Waals surface area contributed by atoms with Gasteiger partial charge in [-0.15, -0.1) is 0 Å². The van der Waals surface area contributed by atoms with E-state index in [2.05, 4.69) is 15.0 Å². The van der Waals surface area contributed by atoms with E-state index in [9.17, 15) is 17.6 Å². The first-order valence-corrected chi connectivity index (χ1v) is 9.40. The highest BCUT2D eigenvalue weighted by Crippen LogP contribution is 2.29. The molecule has 1 aliphatic heterocycles. The maximum Gasteiger partial charge on any atom is 0.356 e. The van der Waals surface area contributed by atoms with E-state index in [1.54, 1.807) is 12.1 Å². The Kier molecular flexibility index (Phi) is 5.30. The molecule has 3 rings (SSSR count). The number of carbonyl (C=O) groups excluding carboxylic acids is 1. The average Bonchev–Trinajstić information content (AvgIpc) is 2.67. The summed E-state index contributed by atoms with van der Waals surface area (Å²) in [4.78, 5) is 15.3. The molecule has 1 N–H and O–H groups in total. The molecule has 7 nitrogen and oxygen atoms in total. The smallest absolute Gasteiger partial charge is 0.356 e. The number of benzene rings is 1. The Morgan fingerprint density at radius 3 is 2.81 bits per heavy atom. The van der Waals surface area contributed by atoms with E-state index in [1.807, 2.05) is 0 Å². The predicted octanol–water partition coefficient (Wildman–Crippen LogP) is 1.34. The zero-order valence-corrected chi connectivity index (χ0v) is 14.9. The van der Waals surface area contributed by atoms with Crippen LogP contribution in [0.2, 0.25) is 0 Å². The van der Waals surface area contributed by atoms with Crippen LogP contribution in [-0.4, -0.2) is 50.4 Å². The average molecular weight is 379 g/mol. The third kappa shape index (κ3) is 3.59. The first kappa shape index (κ1) is 18.4. The summed E-state index contributed by atoms with van der Waals surface area (Å²) >= 11 is 0. The van der Waals surface area contributed by atoms with Gasteiger partial charge in [-0.05, 0) is 29.8 Å². The molecule has 9 heteroatoms. The fourth-order valence-electron chi connectivity index (χ4n) is 2.86. The molecule has 1 saturated heterocycles. The van der Waals surface area contributed by atoms with Crippen LogP contribution in [0.1, 0.15) is 22.1 Å². The molecule has 26 heavy (non-hydrogen) atoms. The van der Waals surface area contributed by atoms with Gasteiger partial charge in [0.1, 0.15) is 16.4 Å². The molecule has 0 saturated carbocycles. The molecule has 1 fully saturated rings. The number of nitrogens with zero attached hydrogens (tertiary/aromatic N) is 2. The highest BCUT2D eigenvalue weighted by Gasteiger charge is 2.34. The topological polar surface area (TPSA) is 88.6 Å². The molecular formula is C17H18FN3O4S. The Balaban J connectivity index is 1.94. The van der Waals surface area contributed by atoms with Crippen LogP contribution in [0.15, 0.2) is 47.5 Å². The van der Waals surface area contributed by atoms with Crippen molar-refractivity contribution >= 4 is 16.0 Å². The van der Waals surface area contributed by atoms with Crippen LogP contribution in [0, 0.1) is 5.82 Å². The van der Waals surface area contributed by atoms with Gasteiger partial charge >= 0.3 is 5.97 Å². The number of piperazine rings is 1. The molecule has 0 aliphatic carbocycles. The minimum absolute atomic E-state index is 0.0217. The minimum Gasteiger partial charge on any atom is -0.464 e. The third-order valence-electron chi connectivity index (χ3n) is 4.17. The van der Waals surface area contributed by atoms with Crippen LogP contribution < -0.4 is 5.32 Å². The lowest BCUT2D eigenvalue weighted by molar-refractivity contribution is 0.0594. The molecule has 1 aromatic carbocycles. The SMILES string of the molecule is COC(=O)c1ccc(S(=O)(=O)N2CCNCC2c2cccc(F)c2)cn1. The second-order valence-corrected chi connectivity index (χ2v) is 7.65. The van der Waals surface area contributed by atoms with E-state index in [-0.39, 0.29) is 17.1 Å². The Hall–Kier alpha value is -2.36. The van der Waals surface area contributed by atoms with Crippen LogP contribution in [0.5, 0.6) is 0 Å². The number of aromatic nitrogens is 1. The number of esters is 1. The Bertz CT molecular complexity index is 902. The Labute approximate surface area is 150 Å². The number of halogens is 1. The standard InChI is InChI=1S/C17H18FN3O4S/c1-25-17(22)15-6-5-14(10-20-15)26(23,24)21-8-7-19-11-16(21)12-3-2-4-13(18)9-12/h2-6,9-10,16,19H,7-8,11H2,1H3. The summed E-state index contributed by atoms with van der Waals surface area (Å²) in [6.07, 6.45) is 1.13. The molecule has 1 aliphatic rings. The summed E-state index contributed by atoms with van der Waals surface area (Å²) < 4.78 is 45.6. The molecule has 2 heterocycles. The van der Waals surface area contributed by atoms with Crippen molar-refractivity contribution in [3.05, 3.63) is 59.7 Å². The van der Waals surface area contributed by atoms with E-state index >= 15 is 0 Å². The van der Waals surface area contributed by atoms with Gasteiger partial charge in [-0.25, -0.2) is 22.6 Å². The second kappa shape index (κ2) is 7.48. The minimum atomic E-state index is -3.87. The van der Waals surface area contributed by atoms with Gasteiger partial charge in [-0.3, -0.25) is 0 Å². The van der Waals surface area contributed by atoms with Crippen molar-refractivity contribution in [1.29, 1.82) is 0 Å². The van der Waals surface area contributed by atoms with Crippen molar-refractivity contribution in [3.63, 3.8) is 0 Å². The maximum atomic E-state index is 13.6. The van der Waals surface area contributed by atoms with E-state index in [0.717, 1.165) is 6.20 Å². The number of pyridine rings is 1. The maximum absolute atomic E-state index is 13.6. The van der Waals surface area contributed by atoms with Gasteiger partial charge in [0.05, 0.1) is 13.2 Å². The largest absolute Gasteiger partial charge is 0.464 e. The lowest BCUT2D eigenvalue weighted by Gasteiger charge is -2.35. The number of ether oxygens (including phenoxy) is 1. The van der Waals surface area contributed by atoms with Crippen molar-refractivity contribution in [1.82, 2.24) is 14.6 Å². The summed E-state index contributed by atoms with van der Waals surface area (Å²) in [6.45, 7) is 1.09. The normalized spacial score (nSPS) is 18.5. The molecule has 138 valence electrons. The molecule has 0 amide bonds. The molecule has 1 aromatic heterocycles. The summed E-state index contributed by atoms with van der Waals surface area (Å²) in [5, 5.41) is 3.13. The van der Waals surface area contributed by atoms with Crippen molar-refractivity contribution in [2.75, 3.05) is 26.7 Å². The fraction of sp³-hybridized carbons (Fsp3) is 0.294. The molecule has 2 aromatic rings. The Morgan fingerprint density at radius 1 is 1.35 bits per heavy atom. The van der Waals surface area contributed by atoms with Gasteiger partial charge < -0.3 is 10.1 Å². The van der Waals surface area contributed by atoms with Crippen molar-refractivity contribution in [3.8, 4) is 0 Å². The lowest BCUT2D eigenvalue weighted by Crippen LogP contribution is -2.48. The summed E-state index contributed by atoms with van der Waals surface area (Å²) in [5.41, 5.74) is 0.591. The van der Waals surface area contributed by atoms with Gasteiger partial charge in [-0.2, -0.15) is 4.31 Å². The molecular weight excluding hydrogens is 361 g/mol. The molecule has 0 spiro atoms. The second-order valence-electron chi connectivity index (χ2n) is 5.76. The zero-order valence-electron chi connectivity index (χ0n) is 14.1. The van der Waals surface area contributed by atoms with Gasteiger partial charge in [0.2, 0.25) is 10.0 Å². The number of rotatable bonds is 4. The Morgan fingerprint density at radius 2 is 2.15 bits per heavy atom. The summed E-state index contributed by atoms with van der Waals surface area (Å²) in [6, 6.07) is 7.98. The van der Waals surface area contributed by atoms with Gasteiger partial charge in [-0.1, -0.05) is 12.1 Å². The van der Waals surface area contributed by atoms with Crippen LogP contribution >= 0.6 is 0 Å². The molecule has 0 radical (unpaired) electrons. The van der Waals surface area contributed by atoms with Crippen molar-refractivity contribution in [2.24, 2.45) is 0 Å². The van der Waals surface area contributed by atoms with E-state index in [4.69, 9.17) is 0 Å². The molecule has 1 unspecified atom stereocenters. The van der Waals surface area contributed by atoms with E-state index in [0.29, 0.717) is 18.7 Å². The van der Waals surface area contributed by atoms with Crippen LogP contribution in [0.3, 0.4) is 0 Å². The van der Waals surface area contributed by atoms with Crippen molar-refractivity contribution in [2.45, 2.75) is 10.9 Å². The molecule has 1 atom stereocenters. The summed E-state index contributed by atoms with van der Waals surface area (Å²) in [7, 11) is -2.64. The first-order chi connectivity index (χ1) is 12.4. The van der Waals surface area contributed by atoms with E-state index < -0.39 is 27.9 Å². The van der Waals surface area contributed by atoms with Gasteiger partial charge in [0, 0.05) is 25.8 Å². The number of sulfonamides is 1. The van der Waals surface area contributed by atoms with Crippen molar-refractivity contribution < 1.29 is 22.3 Å². The monoisotopic (exact) mass is 379 g/mol. The highest BCUT2D eigenvalue weighted by molar-refractivity contribution is 7.89. The van der Waals surface area contributed by atoms with Crippen LogP contribution in [0.4, 0.5) is 4.39 Å². The summed E-state index contributed by atoms with van der Waals surface area (Å²) in [5.74, 6) is -1.07. The predicted molar refractivity (Wildman–Crippen MR) is 91.5 cm³/mol. The number of nitrogens with one attached hydrogen (secondary N) is 1. The van der Waals surface area contributed by atoms with Gasteiger partial charge in [0.25, 0.3) is 0 Å². The van der Waals surface area contributed by atoms with Gasteiger partial charge in [0.15, 0.2) is 0 Å². The zero-order chi connectivity index (χ0) is 18.7. The van der Waals surface area contributed by atoms with Crippen LogP contribution in [-0.2, 0) is 14.8 Å².